The van der Waals surface area contributed by atoms with Crippen LogP contribution in [0.2, 0.25) is 0 Å². The number of methoxy groups -OCH3 is 1. The third-order valence-corrected chi connectivity index (χ3v) is 4.15. The molecule has 0 fully saturated rings. The largest absolute Gasteiger partial charge is 0.489 e. The number of hydrogen-bond donors (Lipinski definition) is 0. The molecule has 0 spiro atoms. The van der Waals surface area contributed by atoms with Gasteiger partial charge < -0.3 is 14.2 Å². The SMILES string of the molecule is COc1cccc(N(C)C(=S)Oc2cccc(OCc3ccccc3)c2)n1. The molecule has 0 atom stereocenters. The lowest BCUT2D eigenvalue weighted by Crippen LogP contribution is -2.29. The fourth-order valence-electron chi connectivity index (χ4n) is 2.34. The summed E-state index contributed by atoms with van der Waals surface area (Å²) in [7, 11) is 3.36. The normalized spacial score (nSPS) is 10.1. The molecule has 0 bridgehead atoms. The molecule has 0 saturated heterocycles. The van der Waals surface area contributed by atoms with Crippen molar-refractivity contribution >= 4 is 23.2 Å². The van der Waals surface area contributed by atoms with Crippen molar-refractivity contribution in [3.63, 3.8) is 0 Å². The van der Waals surface area contributed by atoms with Gasteiger partial charge in [-0.05, 0) is 36.0 Å². The van der Waals surface area contributed by atoms with Gasteiger partial charge in [0.1, 0.15) is 23.9 Å². The number of benzene rings is 2. The van der Waals surface area contributed by atoms with E-state index in [9.17, 15) is 0 Å². The number of anilines is 1. The minimum Gasteiger partial charge on any atom is -0.489 e. The van der Waals surface area contributed by atoms with Gasteiger partial charge in [-0.2, -0.15) is 4.98 Å². The second kappa shape index (κ2) is 9.00. The van der Waals surface area contributed by atoms with Crippen molar-refractivity contribution in [2.24, 2.45) is 0 Å². The Morgan fingerprint density at radius 1 is 0.963 bits per heavy atom. The first-order valence-corrected chi connectivity index (χ1v) is 8.80. The van der Waals surface area contributed by atoms with E-state index in [0.717, 1.165) is 5.56 Å². The third kappa shape index (κ3) is 5.18. The Hall–Kier alpha value is -3.12. The minimum absolute atomic E-state index is 0.274. The standard InChI is InChI=1S/C21H20N2O3S/c1-23(19-12-7-13-20(22-19)24-2)21(27)26-18-11-6-10-17(14-18)25-15-16-8-4-3-5-9-16/h3-14H,15H2,1-2H3. The van der Waals surface area contributed by atoms with Crippen LogP contribution >= 0.6 is 12.2 Å². The highest BCUT2D eigenvalue weighted by Crippen LogP contribution is 2.22. The summed E-state index contributed by atoms with van der Waals surface area (Å²) in [5.74, 6) is 2.45. The fraction of sp³-hybridized carbons (Fsp3) is 0.143. The number of nitrogens with zero attached hydrogens (tertiary/aromatic N) is 2. The van der Waals surface area contributed by atoms with Crippen LogP contribution in [0.15, 0.2) is 72.8 Å². The second-order valence-electron chi connectivity index (χ2n) is 5.71. The number of thiocarbonyl (C=S) groups is 1. The summed E-state index contributed by atoms with van der Waals surface area (Å²) in [4.78, 5) is 6.02. The highest BCUT2D eigenvalue weighted by atomic mass is 32.1. The Labute approximate surface area is 164 Å². The predicted octanol–water partition coefficient (Wildman–Crippen LogP) is 4.47. The Kier molecular flexibility index (Phi) is 6.22. The van der Waals surface area contributed by atoms with Crippen LogP contribution in [0.3, 0.4) is 0 Å². The van der Waals surface area contributed by atoms with Gasteiger partial charge in [-0.3, -0.25) is 4.90 Å². The van der Waals surface area contributed by atoms with Crippen LogP contribution in [0.4, 0.5) is 5.82 Å². The van der Waals surface area contributed by atoms with Crippen molar-refractivity contribution in [3.05, 3.63) is 78.4 Å². The molecule has 0 saturated carbocycles. The zero-order valence-electron chi connectivity index (χ0n) is 15.2. The van der Waals surface area contributed by atoms with Gasteiger partial charge in [0.05, 0.1) is 7.11 Å². The van der Waals surface area contributed by atoms with E-state index in [1.807, 2.05) is 66.7 Å². The quantitative estimate of drug-likeness (QED) is 0.588. The summed E-state index contributed by atoms with van der Waals surface area (Å²) in [6, 6.07) is 22.8. The molecule has 0 aliphatic carbocycles. The van der Waals surface area contributed by atoms with Gasteiger partial charge in [0.15, 0.2) is 0 Å². The molecule has 3 aromatic rings. The summed E-state index contributed by atoms with van der Waals surface area (Å²) in [6.07, 6.45) is 0. The topological polar surface area (TPSA) is 43.8 Å². The lowest BCUT2D eigenvalue weighted by atomic mass is 10.2. The molecule has 0 unspecified atom stereocenters. The minimum atomic E-state index is 0.274. The molecule has 138 valence electrons. The summed E-state index contributed by atoms with van der Waals surface area (Å²) in [5.41, 5.74) is 1.10. The van der Waals surface area contributed by atoms with Crippen LogP contribution in [0.5, 0.6) is 17.4 Å². The molecule has 0 N–H and O–H groups in total. The molecule has 3 rings (SSSR count). The Morgan fingerprint density at radius 2 is 1.70 bits per heavy atom. The van der Waals surface area contributed by atoms with E-state index in [0.29, 0.717) is 29.8 Å². The number of aromatic nitrogens is 1. The maximum Gasteiger partial charge on any atom is 0.270 e. The van der Waals surface area contributed by atoms with Crippen molar-refractivity contribution in [1.82, 2.24) is 4.98 Å². The van der Waals surface area contributed by atoms with E-state index >= 15 is 0 Å². The summed E-state index contributed by atoms with van der Waals surface area (Å²) in [6.45, 7) is 0.488. The Morgan fingerprint density at radius 3 is 2.48 bits per heavy atom. The number of ether oxygens (including phenoxy) is 3. The van der Waals surface area contributed by atoms with E-state index < -0.39 is 0 Å². The third-order valence-electron chi connectivity index (χ3n) is 3.79. The number of rotatable bonds is 6. The average molecular weight is 380 g/mol. The zero-order chi connectivity index (χ0) is 19.1. The smallest absolute Gasteiger partial charge is 0.270 e. The lowest BCUT2D eigenvalue weighted by Gasteiger charge is -2.19. The first kappa shape index (κ1) is 18.7. The molecule has 1 heterocycles. The van der Waals surface area contributed by atoms with E-state index in [-0.39, 0.29) is 5.17 Å². The highest BCUT2D eigenvalue weighted by Gasteiger charge is 2.12. The molecule has 0 aliphatic heterocycles. The predicted molar refractivity (Wildman–Crippen MR) is 110 cm³/mol. The molecular weight excluding hydrogens is 360 g/mol. The van der Waals surface area contributed by atoms with Crippen LogP contribution in [0, 0.1) is 0 Å². The second-order valence-corrected chi connectivity index (χ2v) is 6.06. The van der Waals surface area contributed by atoms with Crippen LogP contribution < -0.4 is 19.1 Å². The molecule has 0 aliphatic rings. The molecule has 2 aromatic carbocycles. The van der Waals surface area contributed by atoms with Crippen LogP contribution in [0.1, 0.15) is 5.56 Å². The van der Waals surface area contributed by atoms with Gasteiger partial charge >= 0.3 is 0 Å². The molecule has 27 heavy (non-hydrogen) atoms. The van der Waals surface area contributed by atoms with Crippen molar-refractivity contribution < 1.29 is 14.2 Å². The van der Waals surface area contributed by atoms with Crippen LogP contribution in [-0.2, 0) is 6.61 Å². The first-order valence-electron chi connectivity index (χ1n) is 8.39. The summed E-state index contributed by atoms with van der Waals surface area (Å²) < 4.78 is 16.8. The van der Waals surface area contributed by atoms with Gasteiger partial charge in [0, 0.05) is 19.2 Å². The molecule has 6 heteroatoms. The van der Waals surface area contributed by atoms with Gasteiger partial charge in [-0.1, -0.05) is 42.5 Å². The van der Waals surface area contributed by atoms with Gasteiger partial charge in [-0.25, -0.2) is 0 Å². The molecular formula is C21H20N2O3S. The molecule has 1 aromatic heterocycles. The lowest BCUT2D eigenvalue weighted by molar-refractivity contribution is 0.305. The monoisotopic (exact) mass is 380 g/mol. The van der Waals surface area contributed by atoms with E-state index in [2.05, 4.69) is 4.98 Å². The first-order chi connectivity index (χ1) is 13.2. The Bertz CT molecular complexity index is 903. The van der Waals surface area contributed by atoms with Crippen molar-refractivity contribution in [2.75, 3.05) is 19.1 Å². The summed E-state index contributed by atoms with van der Waals surface area (Å²) in [5, 5.41) is 0.274. The van der Waals surface area contributed by atoms with E-state index in [1.165, 1.54) is 0 Å². The molecule has 0 amide bonds. The summed E-state index contributed by atoms with van der Waals surface area (Å²) >= 11 is 5.39. The number of pyridine rings is 1. The average Bonchev–Trinajstić information content (AvgIpc) is 2.72. The maximum atomic E-state index is 5.82. The van der Waals surface area contributed by atoms with Gasteiger partial charge in [-0.15, -0.1) is 0 Å². The number of hydrogen-bond acceptors (Lipinski definition) is 5. The fourth-order valence-corrected chi connectivity index (χ4v) is 2.53. The van der Waals surface area contributed by atoms with E-state index in [4.69, 9.17) is 26.4 Å². The zero-order valence-corrected chi connectivity index (χ0v) is 16.0. The van der Waals surface area contributed by atoms with Gasteiger partial charge in [0.25, 0.3) is 5.17 Å². The molecule has 5 nitrogen and oxygen atoms in total. The van der Waals surface area contributed by atoms with Gasteiger partial charge in [0.2, 0.25) is 5.88 Å². The van der Waals surface area contributed by atoms with Crippen molar-refractivity contribution in [1.29, 1.82) is 0 Å². The van der Waals surface area contributed by atoms with Crippen molar-refractivity contribution in [3.8, 4) is 17.4 Å². The van der Waals surface area contributed by atoms with Crippen LogP contribution in [0.25, 0.3) is 0 Å². The highest BCUT2D eigenvalue weighted by molar-refractivity contribution is 7.80. The Balaban J connectivity index is 1.63. The van der Waals surface area contributed by atoms with Crippen molar-refractivity contribution in [2.45, 2.75) is 6.61 Å². The molecule has 0 radical (unpaired) electrons. The van der Waals surface area contributed by atoms with Crippen LogP contribution in [-0.4, -0.2) is 24.3 Å². The van der Waals surface area contributed by atoms with E-state index in [1.54, 1.807) is 25.1 Å². The maximum absolute atomic E-state index is 5.82.